The maximum atomic E-state index is 11.4. The van der Waals surface area contributed by atoms with E-state index >= 15 is 0 Å². The third-order valence-corrected chi connectivity index (χ3v) is 5.86. The van der Waals surface area contributed by atoms with Gasteiger partial charge in [-0.2, -0.15) is 0 Å². The monoisotopic (exact) mass is 331 g/mol. The summed E-state index contributed by atoms with van der Waals surface area (Å²) in [5.41, 5.74) is 1.00. The molecule has 116 valence electrons. The van der Waals surface area contributed by atoms with Gasteiger partial charge in [0.25, 0.3) is 0 Å². The van der Waals surface area contributed by atoms with E-state index in [-0.39, 0.29) is 5.92 Å². The van der Waals surface area contributed by atoms with Crippen LogP contribution < -0.4 is 14.8 Å². The SMILES string of the molecule is O=S1(=O)CC[C@H](CNCc2cc(Cl)c3c(c2)OCCO3)C1. The number of hydrogen-bond acceptors (Lipinski definition) is 5. The fraction of sp³-hybridized carbons (Fsp3) is 0.571. The lowest BCUT2D eigenvalue weighted by Crippen LogP contribution is -2.23. The predicted molar refractivity (Wildman–Crippen MR) is 80.9 cm³/mol. The Kier molecular flexibility index (Phi) is 4.28. The molecule has 1 aromatic carbocycles. The molecule has 0 radical (unpaired) electrons. The van der Waals surface area contributed by atoms with Gasteiger partial charge in [-0.1, -0.05) is 11.6 Å². The van der Waals surface area contributed by atoms with Crippen molar-refractivity contribution in [3.63, 3.8) is 0 Å². The van der Waals surface area contributed by atoms with Crippen LogP contribution in [-0.4, -0.2) is 39.7 Å². The Hall–Kier alpha value is -0.980. The molecule has 7 heteroatoms. The second-order valence-electron chi connectivity index (χ2n) is 5.50. The van der Waals surface area contributed by atoms with Crippen molar-refractivity contribution in [3.05, 3.63) is 22.7 Å². The van der Waals surface area contributed by atoms with E-state index in [1.54, 1.807) is 0 Å². The molecule has 0 amide bonds. The van der Waals surface area contributed by atoms with Crippen molar-refractivity contribution in [1.29, 1.82) is 0 Å². The molecular weight excluding hydrogens is 314 g/mol. The van der Waals surface area contributed by atoms with E-state index in [2.05, 4.69) is 5.32 Å². The van der Waals surface area contributed by atoms with Crippen molar-refractivity contribution < 1.29 is 17.9 Å². The van der Waals surface area contributed by atoms with Crippen LogP contribution in [0.25, 0.3) is 0 Å². The predicted octanol–water partition coefficient (Wildman–Crippen LogP) is 1.64. The minimum absolute atomic E-state index is 0.211. The molecule has 0 unspecified atom stereocenters. The zero-order chi connectivity index (χ0) is 14.9. The van der Waals surface area contributed by atoms with Crippen LogP contribution in [0.2, 0.25) is 5.02 Å². The first-order chi connectivity index (χ1) is 10.0. The number of fused-ring (bicyclic) bond motifs is 1. The minimum atomic E-state index is -2.81. The van der Waals surface area contributed by atoms with Crippen LogP contribution in [0.15, 0.2) is 12.1 Å². The highest BCUT2D eigenvalue weighted by Crippen LogP contribution is 2.38. The van der Waals surface area contributed by atoms with Gasteiger partial charge < -0.3 is 14.8 Å². The summed E-state index contributed by atoms with van der Waals surface area (Å²) in [5.74, 6) is 2.10. The lowest BCUT2D eigenvalue weighted by atomic mass is 10.1. The highest BCUT2D eigenvalue weighted by atomic mass is 35.5. The summed E-state index contributed by atoms with van der Waals surface area (Å²) >= 11 is 6.18. The van der Waals surface area contributed by atoms with E-state index in [9.17, 15) is 8.42 Å². The molecule has 1 aromatic rings. The Morgan fingerprint density at radius 3 is 2.86 bits per heavy atom. The van der Waals surface area contributed by atoms with Crippen LogP contribution in [0.3, 0.4) is 0 Å². The summed E-state index contributed by atoms with van der Waals surface area (Å²) in [7, 11) is -2.81. The number of hydrogen-bond donors (Lipinski definition) is 1. The summed E-state index contributed by atoms with van der Waals surface area (Å²) in [6.07, 6.45) is 0.747. The molecule has 2 aliphatic heterocycles. The molecule has 0 spiro atoms. The molecule has 2 aliphatic rings. The van der Waals surface area contributed by atoms with Crippen LogP contribution in [0, 0.1) is 5.92 Å². The molecule has 0 saturated carbocycles. The van der Waals surface area contributed by atoms with E-state index in [1.165, 1.54) is 0 Å². The van der Waals surface area contributed by atoms with Gasteiger partial charge in [-0.05, 0) is 36.6 Å². The number of rotatable bonds is 4. The lowest BCUT2D eigenvalue weighted by molar-refractivity contribution is 0.171. The highest BCUT2D eigenvalue weighted by Gasteiger charge is 2.27. The summed E-state index contributed by atoms with van der Waals surface area (Å²) in [4.78, 5) is 0. The molecule has 0 aliphatic carbocycles. The number of ether oxygens (including phenoxy) is 2. The second-order valence-corrected chi connectivity index (χ2v) is 8.14. The fourth-order valence-electron chi connectivity index (χ4n) is 2.72. The molecule has 0 aromatic heterocycles. The quantitative estimate of drug-likeness (QED) is 0.908. The number of nitrogens with one attached hydrogen (secondary N) is 1. The second kappa shape index (κ2) is 6.02. The van der Waals surface area contributed by atoms with Crippen molar-refractivity contribution in [2.24, 2.45) is 5.92 Å². The molecule has 1 atom stereocenters. The average Bonchev–Trinajstić information content (AvgIpc) is 2.78. The van der Waals surface area contributed by atoms with E-state index in [1.807, 2.05) is 12.1 Å². The minimum Gasteiger partial charge on any atom is -0.486 e. The van der Waals surface area contributed by atoms with Crippen molar-refractivity contribution in [2.75, 3.05) is 31.3 Å². The zero-order valence-electron chi connectivity index (χ0n) is 11.6. The van der Waals surface area contributed by atoms with Gasteiger partial charge in [0.2, 0.25) is 0 Å². The van der Waals surface area contributed by atoms with E-state index in [4.69, 9.17) is 21.1 Å². The lowest BCUT2D eigenvalue weighted by Gasteiger charge is -2.20. The maximum absolute atomic E-state index is 11.4. The van der Waals surface area contributed by atoms with Crippen LogP contribution >= 0.6 is 11.6 Å². The van der Waals surface area contributed by atoms with Gasteiger partial charge in [0.05, 0.1) is 16.5 Å². The van der Waals surface area contributed by atoms with E-state index in [0.717, 1.165) is 12.0 Å². The molecule has 1 N–H and O–H groups in total. The molecule has 3 rings (SSSR count). The third-order valence-electron chi connectivity index (χ3n) is 3.75. The van der Waals surface area contributed by atoms with Gasteiger partial charge in [-0.15, -0.1) is 0 Å². The van der Waals surface area contributed by atoms with Crippen LogP contribution in [0.1, 0.15) is 12.0 Å². The van der Waals surface area contributed by atoms with Gasteiger partial charge in [0.1, 0.15) is 13.2 Å². The fourth-order valence-corrected chi connectivity index (χ4v) is 4.87. The van der Waals surface area contributed by atoms with Crippen LogP contribution in [0.4, 0.5) is 0 Å². The van der Waals surface area contributed by atoms with Crippen molar-refractivity contribution in [1.82, 2.24) is 5.32 Å². The van der Waals surface area contributed by atoms with Crippen molar-refractivity contribution in [2.45, 2.75) is 13.0 Å². The number of benzene rings is 1. The van der Waals surface area contributed by atoms with Crippen LogP contribution in [-0.2, 0) is 16.4 Å². The Morgan fingerprint density at radius 1 is 1.29 bits per heavy atom. The number of halogens is 1. The molecular formula is C14H18ClNO4S. The molecule has 5 nitrogen and oxygen atoms in total. The van der Waals surface area contributed by atoms with Crippen molar-refractivity contribution in [3.8, 4) is 11.5 Å². The standard InChI is InChI=1S/C14H18ClNO4S/c15-12-5-11(6-13-14(12)20-3-2-19-13)8-16-7-10-1-4-21(17,18)9-10/h5-6,10,16H,1-4,7-9H2/t10-/m1/s1. The van der Waals surface area contributed by atoms with Crippen LogP contribution in [0.5, 0.6) is 11.5 Å². The van der Waals surface area contributed by atoms with E-state index < -0.39 is 9.84 Å². The van der Waals surface area contributed by atoms with Gasteiger partial charge in [0.15, 0.2) is 21.3 Å². The molecule has 0 bridgehead atoms. The first-order valence-corrected chi connectivity index (χ1v) is 9.22. The van der Waals surface area contributed by atoms with Crippen molar-refractivity contribution >= 4 is 21.4 Å². The molecule has 2 heterocycles. The summed E-state index contributed by atoms with van der Waals surface area (Å²) in [5, 5.41) is 3.84. The van der Waals surface area contributed by atoms with E-state index in [0.29, 0.717) is 54.3 Å². The Labute approximate surface area is 129 Å². The largest absolute Gasteiger partial charge is 0.486 e. The topological polar surface area (TPSA) is 64.6 Å². The third kappa shape index (κ3) is 3.62. The highest BCUT2D eigenvalue weighted by molar-refractivity contribution is 7.91. The smallest absolute Gasteiger partial charge is 0.179 e. The maximum Gasteiger partial charge on any atom is 0.179 e. The molecule has 1 saturated heterocycles. The van der Waals surface area contributed by atoms with Gasteiger partial charge in [-0.3, -0.25) is 0 Å². The summed E-state index contributed by atoms with van der Waals surface area (Å²) < 4.78 is 33.8. The first kappa shape index (κ1) is 14.9. The average molecular weight is 332 g/mol. The number of sulfone groups is 1. The van der Waals surface area contributed by atoms with Gasteiger partial charge in [-0.25, -0.2) is 8.42 Å². The summed E-state index contributed by atoms with van der Waals surface area (Å²) in [6.45, 7) is 2.37. The van der Waals surface area contributed by atoms with Gasteiger partial charge in [0, 0.05) is 6.54 Å². The Morgan fingerprint density at radius 2 is 2.10 bits per heavy atom. The Bertz CT molecular complexity index is 632. The zero-order valence-corrected chi connectivity index (χ0v) is 13.2. The van der Waals surface area contributed by atoms with Gasteiger partial charge >= 0.3 is 0 Å². The normalized spacial score (nSPS) is 23.2. The molecule has 1 fully saturated rings. The summed E-state index contributed by atoms with van der Waals surface area (Å²) in [6, 6.07) is 3.77. The Balaban J connectivity index is 1.57. The molecule has 21 heavy (non-hydrogen) atoms. The first-order valence-electron chi connectivity index (χ1n) is 7.03.